The van der Waals surface area contributed by atoms with Crippen molar-refractivity contribution < 1.29 is 19.0 Å². The van der Waals surface area contributed by atoms with E-state index in [-0.39, 0.29) is 11.0 Å². The van der Waals surface area contributed by atoms with Crippen LogP contribution in [0.1, 0.15) is 90.3 Å². The fourth-order valence-electron chi connectivity index (χ4n) is 3.27. The maximum atomic E-state index is 12.4. The van der Waals surface area contributed by atoms with Crippen LogP contribution in [0.5, 0.6) is 11.5 Å². The van der Waals surface area contributed by atoms with Gasteiger partial charge in [-0.2, -0.15) is 0 Å². The maximum absolute atomic E-state index is 12.4. The van der Waals surface area contributed by atoms with Gasteiger partial charge in [-0.3, -0.25) is 4.79 Å². The minimum atomic E-state index is -0.631. The highest BCUT2D eigenvalue weighted by atomic mass is 16.6. The molecule has 2 heterocycles. The summed E-state index contributed by atoms with van der Waals surface area (Å²) in [6, 6.07) is 7.18. The van der Waals surface area contributed by atoms with Gasteiger partial charge in [0.1, 0.15) is 18.8 Å². The van der Waals surface area contributed by atoms with Gasteiger partial charge >= 0.3 is 5.97 Å². The van der Waals surface area contributed by atoms with E-state index in [1.807, 2.05) is 70.4 Å². The number of hydrogen-bond acceptors (Lipinski definition) is 5. The zero-order valence-corrected chi connectivity index (χ0v) is 24.6. The Labute approximate surface area is 224 Å². The third-order valence-electron chi connectivity index (χ3n) is 4.71. The molecule has 0 spiro atoms. The molecule has 1 aliphatic rings. The number of esters is 1. The number of rotatable bonds is 6. The number of hydrogen-bond donors (Lipinski definition) is 0. The molecule has 1 aliphatic heterocycles. The standard InChI is InChI=1S/C23H25NO5.C4H10.2C2H6/c1-5-8-24-14-18(23(26)27-4)20(25)13-19(24)16(3)11-15(2)17-6-7-21-22(12-17)29-10-9-28-21;1-4(2)3;2*1-2/h6-7,11-14H,2,5,8-10H2,1,3-4H3;4H,1-3H3;2*1-2H3/b16-11+;;;. The first-order valence-electron chi connectivity index (χ1n) is 13.3. The van der Waals surface area contributed by atoms with E-state index in [0.29, 0.717) is 25.5 Å². The highest BCUT2D eigenvalue weighted by Crippen LogP contribution is 2.33. The Kier molecular flexibility index (Phi) is 16.4. The Morgan fingerprint density at radius 2 is 1.65 bits per heavy atom. The molecule has 0 atom stereocenters. The third kappa shape index (κ3) is 10.7. The van der Waals surface area contributed by atoms with Crippen LogP contribution < -0.4 is 14.9 Å². The zero-order valence-electron chi connectivity index (χ0n) is 24.6. The lowest BCUT2D eigenvalue weighted by atomic mass is 10.0. The molecule has 0 N–H and O–H groups in total. The van der Waals surface area contributed by atoms with Gasteiger partial charge in [-0.15, -0.1) is 0 Å². The van der Waals surface area contributed by atoms with Crippen molar-refractivity contribution in [2.45, 2.75) is 75.3 Å². The van der Waals surface area contributed by atoms with E-state index in [2.05, 4.69) is 27.4 Å². The molecule has 0 amide bonds. The number of ether oxygens (including phenoxy) is 3. The summed E-state index contributed by atoms with van der Waals surface area (Å²) in [6.07, 6.45) is 4.34. The predicted octanol–water partition coefficient (Wildman–Crippen LogP) is 7.65. The van der Waals surface area contributed by atoms with Gasteiger partial charge in [0, 0.05) is 24.5 Å². The molecular weight excluding hydrogens is 466 g/mol. The van der Waals surface area contributed by atoms with Crippen molar-refractivity contribution in [2.75, 3.05) is 20.3 Å². The highest BCUT2D eigenvalue weighted by Gasteiger charge is 2.16. The summed E-state index contributed by atoms with van der Waals surface area (Å²) in [5.74, 6) is 1.63. The Morgan fingerprint density at radius 1 is 1.08 bits per heavy atom. The topological polar surface area (TPSA) is 66.8 Å². The summed E-state index contributed by atoms with van der Waals surface area (Å²) in [6.45, 7) is 24.3. The van der Waals surface area contributed by atoms with E-state index in [0.717, 1.165) is 40.5 Å². The number of carbonyl (C=O) groups excluding carboxylic acids is 1. The van der Waals surface area contributed by atoms with E-state index in [9.17, 15) is 9.59 Å². The van der Waals surface area contributed by atoms with Gasteiger partial charge in [0.25, 0.3) is 0 Å². The lowest BCUT2D eigenvalue weighted by molar-refractivity contribution is 0.0598. The lowest BCUT2D eigenvalue weighted by Gasteiger charge is -2.19. The monoisotopic (exact) mass is 513 g/mol. The van der Waals surface area contributed by atoms with E-state index in [4.69, 9.17) is 14.2 Å². The quantitative estimate of drug-likeness (QED) is 0.293. The van der Waals surface area contributed by atoms with Crippen molar-refractivity contribution in [3.63, 3.8) is 0 Å². The second-order valence-electron chi connectivity index (χ2n) is 8.56. The molecule has 37 heavy (non-hydrogen) atoms. The minimum absolute atomic E-state index is 0.0307. The van der Waals surface area contributed by atoms with Gasteiger partial charge in [0.05, 0.1) is 7.11 Å². The molecule has 1 aromatic heterocycles. The van der Waals surface area contributed by atoms with Gasteiger partial charge in [-0.05, 0) is 54.2 Å². The number of pyridine rings is 1. The first-order valence-corrected chi connectivity index (χ1v) is 13.3. The molecule has 2 aromatic rings. The summed E-state index contributed by atoms with van der Waals surface area (Å²) >= 11 is 0. The molecule has 0 unspecified atom stereocenters. The van der Waals surface area contributed by atoms with Gasteiger partial charge in [0.15, 0.2) is 16.9 Å². The van der Waals surface area contributed by atoms with E-state index < -0.39 is 5.97 Å². The minimum Gasteiger partial charge on any atom is -0.486 e. The average Bonchev–Trinajstić information content (AvgIpc) is 2.90. The van der Waals surface area contributed by atoms with Crippen LogP contribution in [-0.2, 0) is 11.3 Å². The average molecular weight is 514 g/mol. The van der Waals surface area contributed by atoms with Crippen molar-refractivity contribution in [2.24, 2.45) is 5.92 Å². The van der Waals surface area contributed by atoms with E-state index in [1.165, 1.54) is 13.2 Å². The van der Waals surface area contributed by atoms with Crippen molar-refractivity contribution in [1.82, 2.24) is 4.57 Å². The van der Waals surface area contributed by atoms with Crippen molar-refractivity contribution in [1.29, 1.82) is 0 Å². The molecule has 0 bridgehead atoms. The molecule has 206 valence electrons. The molecule has 3 rings (SSSR count). The maximum Gasteiger partial charge on any atom is 0.343 e. The van der Waals surface area contributed by atoms with Crippen LogP contribution in [0.3, 0.4) is 0 Å². The number of methoxy groups -OCH3 is 1. The first kappa shape index (κ1) is 33.7. The van der Waals surface area contributed by atoms with Crippen molar-refractivity contribution in [3.05, 3.63) is 70.2 Å². The van der Waals surface area contributed by atoms with Crippen molar-refractivity contribution in [3.8, 4) is 11.5 Å². The fourth-order valence-corrected chi connectivity index (χ4v) is 3.27. The van der Waals surface area contributed by atoms with E-state index in [1.54, 1.807) is 6.20 Å². The molecule has 1 aromatic carbocycles. The predicted molar refractivity (Wildman–Crippen MR) is 156 cm³/mol. The van der Waals surface area contributed by atoms with Crippen LogP contribution in [0.25, 0.3) is 11.1 Å². The van der Waals surface area contributed by atoms with Crippen LogP contribution in [0.2, 0.25) is 0 Å². The second kappa shape index (κ2) is 18.0. The van der Waals surface area contributed by atoms with Gasteiger partial charge in [0.2, 0.25) is 0 Å². The summed E-state index contributed by atoms with van der Waals surface area (Å²) < 4.78 is 17.8. The molecule has 0 radical (unpaired) electrons. The molecule has 0 saturated carbocycles. The SMILES string of the molecule is C=C(/C=C(\C)c1cc(=O)c(C(=O)OC)cn1CCC)c1ccc2c(c1)OCCO2.CC.CC.CC(C)C. The smallest absolute Gasteiger partial charge is 0.343 e. The number of nitrogens with zero attached hydrogens (tertiary/aromatic N) is 1. The molecule has 0 aliphatic carbocycles. The number of aryl methyl sites for hydroxylation is 1. The van der Waals surface area contributed by atoms with Gasteiger partial charge < -0.3 is 18.8 Å². The summed E-state index contributed by atoms with van der Waals surface area (Å²) in [5.41, 5.74) is 2.96. The van der Waals surface area contributed by atoms with Crippen LogP contribution in [0.4, 0.5) is 0 Å². The number of benzene rings is 1. The summed E-state index contributed by atoms with van der Waals surface area (Å²) in [4.78, 5) is 24.3. The molecule has 6 heteroatoms. The van der Waals surface area contributed by atoms with Gasteiger partial charge in [-0.25, -0.2) is 4.79 Å². The number of aromatic nitrogens is 1. The Balaban J connectivity index is 0.00000145. The number of allylic oxidation sites excluding steroid dienone is 3. The van der Waals surface area contributed by atoms with Crippen LogP contribution in [-0.4, -0.2) is 30.9 Å². The van der Waals surface area contributed by atoms with Crippen LogP contribution >= 0.6 is 0 Å². The Bertz CT molecular complexity index is 1080. The molecular formula is C31H47NO5. The molecule has 6 nitrogen and oxygen atoms in total. The van der Waals surface area contributed by atoms with Crippen LogP contribution in [0.15, 0.2) is 47.9 Å². The third-order valence-corrected chi connectivity index (χ3v) is 4.71. The van der Waals surface area contributed by atoms with E-state index >= 15 is 0 Å². The fraction of sp³-hybridized carbons (Fsp3) is 0.484. The van der Waals surface area contributed by atoms with Crippen LogP contribution in [0, 0.1) is 5.92 Å². The summed E-state index contributed by atoms with van der Waals surface area (Å²) in [5, 5.41) is 0. The summed E-state index contributed by atoms with van der Waals surface area (Å²) in [7, 11) is 1.27. The lowest BCUT2D eigenvalue weighted by Crippen LogP contribution is -2.21. The highest BCUT2D eigenvalue weighted by molar-refractivity contribution is 5.89. The second-order valence-corrected chi connectivity index (χ2v) is 8.56. The van der Waals surface area contributed by atoms with Crippen molar-refractivity contribution >= 4 is 17.1 Å². The Morgan fingerprint density at radius 3 is 2.19 bits per heavy atom. The molecule has 0 saturated heterocycles. The molecule has 0 fully saturated rings. The largest absolute Gasteiger partial charge is 0.486 e. The normalized spacial score (nSPS) is 11.6. The number of carbonyl (C=O) groups is 1. The number of fused-ring (bicyclic) bond motifs is 1. The first-order chi connectivity index (χ1) is 17.7. The Hall–Kier alpha value is -3.28. The zero-order chi connectivity index (χ0) is 28.5. The van der Waals surface area contributed by atoms with Gasteiger partial charge in [-0.1, -0.05) is 68.0 Å².